The van der Waals surface area contributed by atoms with Gasteiger partial charge in [0.15, 0.2) is 0 Å². The highest BCUT2D eigenvalue weighted by molar-refractivity contribution is 6.31. The summed E-state index contributed by atoms with van der Waals surface area (Å²) in [5, 5.41) is 1.26. The molecule has 100 valence electrons. The van der Waals surface area contributed by atoms with Crippen molar-refractivity contribution in [3.8, 4) is 5.75 Å². The van der Waals surface area contributed by atoms with Crippen molar-refractivity contribution in [1.29, 1.82) is 0 Å². The summed E-state index contributed by atoms with van der Waals surface area (Å²) in [4.78, 5) is 3.94. The molecule has 0 aliphatic heterocycles. The van der Waals surface area contributed by atoms with Gasteiger partial charge in [0.25, 0.3) is 0 Å². The van der Waals surface area contributed by atoms with Crippen LogP contribution >= 0.6 is 23.2 Å². The number of rotatable bonds is 5. The van der Waals surface area contributed by atoms with E-state index in [0.29, 0.717) is 29.6 Å². The highest BCUT2D eigenvalue weighted by Crippen LogP contribution is 2.28. The molecule has 0 saturated carbocycles. The summed E-state index contributed by atoms with van der Waals surface area (Å²) in [6.07, 6.45) is 3.96. The zero-order valence-corrected chi connectivity index (χ0v) is 11.8. The molecule has 0 radical (unpaired) electrons. The maximum Gasteiger partial charge on any atom is 0.124 e. The van der Waals surface area contributed by atoms with Crippen LogP contribution in [-0.2, 0) is 13.0 Å². The number of benzene rings is 1. The Morgan fingerprint density at radius 2 is 2.00 bits per heavy atom. The fraction of sp³-hybridized carbons (Fsp3) is 0.214. The van der Waals surface area contributed by atoms with Crippen molar-refractivity contribution < 1.29 is 4.74 Å². The van der Waals surface area contributed by atoms with E-state index in [4.69, 9.17) is 33.7 Å². The van der Waals surface area contributed by atoms with Crippen LogP contribution in [0.5, 0.6) is 5.75 Å². The lowest BCUT2D eigenvalue weighted by Crippen LogP contribution is -2.06. The molecule has 0 amide bonds. The van der Waals surface area contributed by atoms with E-state index >= 15 is 0 Å². The minimum absolute atomic E-state index is 0.374. The fourth-order valence-corrected chi connectivity index (χ4v) is 2.17. The van der Waals surface area contributed by atoms with Crippen LogP contribution in [-0.4, -0.2) is 11.5 Å². The Labute approximate surface area is 122 Å². The van der Waals surface area contributed by atoms with Crippen molar-refractivity contribution in [1.82, 2.24) is 4.98 Å². The Bertz CT molecular complexity index is 561. The lowest BCUT2D eigenvalue weighted by molar-refractivity contribution is 0.303. The zero-order chi connectivity index (χ0) is 13.7. The molecule has 3 nitrogen and oxygen atoms in total. The van der Waals surface area contributed by atoms with Crippen LogP contribution in [0.4, 0.5) is 0 Å². The van der Waals surface area contributed by atoms with Gasteiger partial charge in [0.1, 0.15) is 12.4 Å². The Kier molecular flexibility index (Phi) is 5.02. The van der Waals surface area contributed by atoms with E-state index in [1.165, 1.54) is 0 Å². The van der Waals surface area contributed by atoms with Gasteiger partial charge in [-0.3, -0.25) is 4.98 Å². The molecule has 0 aliphatic rings. The number of ether oxygens (including phenoxy) is 1. The molecule has 1 aromatic heterocycles. The normalized spacial score (nSPS) is 10.5. The fourth-order valence-electron chi connectivity index (χ4n) is 1.74. The van der Waals surface area contributed by atoms with Gasteiger partial charge in [0.05, 0.1) is 5.02 Å². The summed E-state index contributed by atoms with van der Waals surface area (Å²) in [6, 6.07) is 7.39. The molecule has 2 aromatic rings. The van der Waals surface area contributed by atoms with Crippen molar-refractivity contribution >= 4 is 23.2 Å². The SMILES string of the molecule is NCCc1c(Cl)cccc1OCc1ccncc1Cl. The van der Waals surface area contributed by atoms with E-state index in [0.717, 1.165) is 16.9 Å². The molecule has 1 aromatic carbocycles. The van der Waals surface area contributed by atoms with Gasteiger partial charge in [-0.2, -0.15) is 0 Å². The molecule has 2 N–H and O–H groups in total. The number of aromatic nitrogens is 1. The molecule has 1 heterocycles. The van der Waals surface area contributed by atoms with E-state index in [1.807, 2.05) is 24.3 Å². The summed E-state index contributed by atoms with van der Waals surface area (Å²) < 4.78 is 5.79. The summed E-state index contributed by atoms with van der Waals surface area (Å²) >= 11 is 12.2. The van der Waals surface area contributed by atoms with Crippen LogP contribution in [0.2, 0.25) is 10.0 Å². The second-order valence-electron chi connectivity index (χ2n) is 4.01. The van der Waals surface area contributed by atoms with E-state index in [1.54, 1.807) is 12.4 Å². The van der Waals surface area contributed by atoms with Gasteiger partial charge >= 0.3 is 0 Å². The Balaban J connectivity index is 2.16. The van der Waals surface area contributed by atoms with Gasteiger partial charge < -0.3 is 10.5 Å². The lowest BCUT2D eigenvalue weighted by atomic mass is 10.1. The maximum absolute atomic E-state index is 6.15. The molecule has 0 atom stereocenters. The van der Waals surface area contributed by atoms with E-state index in [2.05, 4.69) is 4.98 Å². The molecule has 0 aliphatic carbocycles. The first kappa shape index (κ1) is 14.1. The van der Waals surface area contributed by atoms with E-state index < -0.39 is 0 Å². The predicted octanol–water partition coefficient (Wildman–Crippen LogP) is 3.47. The minimum Gasteiger partial charge on any atom is -0.489 e. The highest BCUT2D eigenvalue weighted by Gasteiger charge is 2.08. The van der Waals surface area contributed by atoms with Crippen LogP contribution in [0.3, 0.4) is 0 Å². The topological polar surface area (TPSA) is 48.1 Å². The third kappa shape index (κ3) is 3.60. The Hall–Kier alpha value is -1.29. The molecule has 0 saturated heterocycles. The number of nitrogens with zero attached hydrogens (tertiary/aromatic N) is 1. The van der Waals surface area contributed by atoms with Crippen molar-refractivity contribution in [2.45, 2.75) is 13.0 Å². The van der Waals surface area contributed by atoms with Crippen molar-refractivity contribution in [2.24, 2.45) is 5.73 Å². The molecule has 0 bridgehead atoms. The smallest absolute Gasteiger partial charge is 0.124 e. The van der Waals surface area contributed by atoms with Crippen LogP contribution < -0.4 is 10.5 Å². The van der Waals surface area contributed by atoms with Gasteiger partial charge in [-0.25, -0.2) is 0 Å². The summed E-state index contributed by atoms with van der Waals surface area (Å²) in [6.45, 7) is 0.898. The average molecular weight is 297 g/mol. The molecule has 5 heteroatoms. The quantitative estimate of drug-likeness (QED) is 0.919. The number of pyridine rings is 1. The third-order valence-corrected chi connectivity index (χ3v) is 3.40. The van der Waals surface area contributed by atoms with E-state index in [9.17, 15) is 0 Å². The average Bonchev–Trinajstić information content (AvgIpc) is 2.41. The molecule has 0 fully saturated rings. The lowest BCUT2D eigenvalue weighted by Gasteiger charge is -2.13. The monoisotopic (exact) mass is 296 g/mol. The molecule has 0 unspecified atom stereocenters. The van der Waals surface area contributed by atoms with Crippen molar-refractivity contribution in [3.05, 3.63) is 57.8 Å². The predicted molar refractivity (Wildman–Crippen MR) is 77.8 cm³/mol. The minimum atomic E-state index is 0.374. The summed E-state index contributed by atoms with van der Waals surface area (Å²) in [5.41, 5.74) is 7.40. The van der Waals surface area contributed by atoms with Crippen LogP contribution in [0.15, 0.2) is 36.7 Å². The maximum atomic E-state index is 6.15. The van der Waals surface area contributed by atoms with Crippen molar-refractivity contribution in [3.63, 3.8) is 0 Å². The summed E-state index contributed by atoms with van der Waals surface area (Å²) in [7, 11) is 0. The van der Waals surface area contributed by atoms with Crippen LogP contribution in [0.25, 0.3) is 0 Å². The number of hydrogen-bond acceptors (Lipinski definition) is 3. The van der Waals surface area contributed by atoms with Crippen molar-refractivity contribution in [2.75, 3.05) is 6.54 Å². The van der Waals surface area contributed by atoms with Crippen LogP contribution in [0, 0.1) is 0 Å². The first-order valence-electron chi connectivity index (χ1n) is 5.91. The Morgan fingerprint density at radius 1 is 1.16 bits per heavy atom. The second kappa shape index (κ2) is 6.75. The third-order valence-electron chi connectivity index (χ3n) is 2.71. The number of halogens is 2. The highest BCUT2D eigenvalue weighted by atomic mass is 35.5. The van der Waals surface area contributed by atoms with Crippen LogP contribution in [0.1, 0.15) is 11.1 Å². The summed E-state index contributed by atoms with van der Waals surface area (Å²) in [5.74, 6) is 0.742. The first-order chi connectivity index (χ1) is 9.22. The van der Waals surface area contributed by atoms with Gasteiger partial charge in [-0.1, -0.05) is 29.3 Å². The zero-order valence-electron chi connectivity index (χ0n) is 10.3. The largest absolute Gasteiger partial charge is 0.489 e. The second-order valence-corrected chi connectivity index (χ2v) is 4.83. The molecule has 19 heavy (non-hydrogen) atoms. The van der Waals surface area contributed by atoms with Gasteiger partial charge in [-0.05, 0) is 31.2 Å². The van der Waals surface area contributed by atoms with E-state index in [-0.39, 0.29) is 0 Å². The molecule has 2 rings (SSSR count). The molecular formula is C14H14Cl2N2O. The first-order valence-corrected chi connectivity index (χ1v) is 6.66. The molecular weight excluding hydrogens is 283 g/mol. The number of hydrogen-bond donors (Lipinski definition) is 1. The van der Waals surface area contributed by atoms with Gasteiger partial charge in [0, 0.05) is 28.5 Å². The number of nitrogens with two attached hydrogens (primary N) is 1. The van der Waals surface area contributed by atoms with Gasteiger partial charge in [-0.15, -0.1) is 0 Å². The standard InChI is InChI=1S/C14H14Cl2N2O/c15-12-2-1-3-14(11(12)4-6-17)19-9-10-5-7-18-8-13(10)16/h1-3,5,7-8H,4,6,9,17H2. The Morgan fingerprint density at radius 3 is 2.74 bits per heavy atom. The molecule has 0 spiro atoms. The van der Waals surface area contributed by atoms with Gasteiger partial charge in [0.2, 0.25) is 0 Å².